The fraction of sp³-hybridized carbons (Fsp3) is 0.267. The Labute approximate surface area is 112 Å². The van der Waals surface area contributed by atoms with Gasteiger partial charge in [-0.2, -0.15) is 0 Å². The van der Waals surface area contributed by atoms with Crippen molar-refractivity contribution in [1.29, 1.82) is 0 Å². The second-order valence-electron chi connectivity index (χ2n) is 4.53. The minimum Gasteiger partial charge on any atom is -0.395 e. The van der Waals surface area contributed by atoms with Crippen LogP contribution >= 0.6 is 0 Å². The molecule has 0 saturated carbocycles. The van der Waals surface area contributed by atoms with Gasteiger partial charge >= 0.3 is 0 Å². The molecule has 0 aliphatic carbocycles. The zero-order valence-electron chi connectivity index (χ0n) is 11.2. The molecule has 4 nitrogen and oxygen atoms in total. The molecule has 0 radical (unpaired) electrons. The number of aliphatic hydroxyl groups is 1. The highest BCUT2D eigenvalue weighted by Crippen LogP contribution is 2.21. The van der Waals surface area contributed by atoms with Gasteiger partial charge in [0.05, 0.1) is 6.61 Å². The van der Waals surface area contributed by atoms with Crippen molar-refractivity contribution >= 4 is 22.9 Å². The molecule has 0 saturated heterocycles. The van der Waals surface area contributed by atoms with Crippen molar-refractivity contribution in [2.24, 2.45) is 7.05 Å². The van der Waals surface area contributed by atoms with E-state index in [9.17, 15) is 4.79 Å². The Bertz CT molecular complexity index is 614. The average molecular weight is 258 g/mol. The molecule has 1 N–H and O–H groups in total. The van der Waals surface area contributed by atoms with Crippen LogP contribution in [-0.4, -0.2) is 40.7 Å². The van der Waals surface area contributed by atoms with Gasteiger partial charge in [-0.3, -0.25) is 4.79 Å². The summed E-state index contributed by atoms with van der Waals surface area (Å²) in [6.45, 7) is 0.322. The maximum atomic E-state index is 11.8. The molecule has 1 aromatic heterocycles. The Morgan fingerprint density at radius 1 is 1.42 bits per heavy atom. The topological polar surface area (TPSA) is 45.5 Å². The van der Waals surface area contributed by atoms with Crippen LogP contribution in [0, 0.1) is 0 Å². The predicted molar refractivity (Wildman–Crippen MR) is 76.7 cm³/mol. The minimum atomic E-state index is -0.109. The summed E-state index contributed by atoms with van der Waals surface area (Å²) in [4.78, 5) is 13.3. The number of likely N-dealkylation sites (N-methyl/N-ethyl adjacent to an activating group) is 1. The summed E-state index contributed by atoms with van der Waals surface area (Å²) in [6.07, 6.45) is 5.36. The summed E-state index contributed by atoms with van der Waals surface area (Å²) in [5.41, 5.74) is 2.15. The quantitative estimate of drug-likeness (QED) is 0.847. The third kappa shape index (κ3) is 2.85. The van der Waals surface area contributed by atoms with Crippen LogP contribution in [0.4, 0.5) is 0 Å². The van der Waals surface area contributed by atoms with Gasteiger partial charge < -0.3 is 14.6 Å². The van der Waals surface area contributed by atoms with Gasteiger partial charge in [0.2, 0.25) is 5.91 Å². The first kappa shape index (κ1) is 13.4. The largest absolute Gasteiger partial charge is 0.395 e. The summed E-state index contributed by atoms with van der Waals surface area (Å²) in [5, 5.41) is 9.92. The fourth-order valence-electron chi connectivity index (χ4n) is 2.05. The lowest BCUT2D eigenvalue weighted by Gasteiger charge is -2.12. The number of para-hydroxylation sites is 1. The number of fused-ring (bicyclic) bond motifs is 1. The second kappa shape index (κ2) is 5.71. The monoisotopic (exact) mass is 258 g/mol. The second-order valence-corrected chi connectivity index (χ2v) is 4.53. The Morgan fingerprint density at radius 3 is 2.89 bits per heavy atom. The van der Waals surface area contributed by atoms with Crippen LogP contribution in [0.3, 0.4) is 0 Å². The number of aromatic nitrogens is 1. The lowest BCUT2D eigenvalue weighted by Crippen LogP contribution is -2.27. The van der Waals surface area contributed by atoms with E-state index < -0.39 is 0 Å². The van der Waals surface area contributed by atoms with E-state index >= 15 is 0 Å². The molecular weight excluding hydrogens is 240 g/mol. The zero-order chi connectivity index (χ0) is 13.8. The van der Waals surface area contributed by atoms with Crippen molar-refractivity contribution in [2.45, 2.75) is 0 Å². The van der Waals surface area contributed by atoms with Crippen LogP contribution < -0.4 is 0 Å². The van der Waals surface area contributed by atoms with Gasteiger partial charge in [0, 0.05) is 49.4 Å². The van der Waals surface area contributed by atoms with Gasteiger partial charge in [-0.05, 0) is 12.1 Å². The number of hydrogen-bond acceptors (Lipinski definition) is 2. The van der Waals surface area contributed by atoms with Gasteiger partial charge in [0.15, 0.2) is 0 Å². The molecular formula is C15H18N2O2. The normalized spacial score (nSPS) is 11.3. The molecule has 19 heavy (non-hydrogen) atoms. The molecule has 2 aromatic rings. The van der Waals surface area contributed by atoms with E-state index in [0.29, 0.717) is 6.54 Å². The molecule has 0 bridgehead atoms. The van der Waals surface area contributed by atoms with Crippen LogP contribution in [0.25, 0.3) is 17.0 Å². The number of rotatable bonds is 4. The number of nitrogens with zero attached hydrogens (tertiary/aromatic N) is 2. The van der Waals surface area contributed by atoms with Crippen LogP contribution in [0.2, 0.25) is 0 Å². The van der Waals surface area contributed by atoms with Crippen molar-refractivity contribution in [3.8, 4) is 0 Å². The van der Waals surface area contributed by atoms with E-state index in [1.54, 1.807) is 7.05 Å². The van der Waals surface area contributed by atoms with Crippen molar-refractivity contribution < 1.29 is 9.90 Å². The van der Waals surface area contributed by atoms with E-state index in [0.717, 1.165) is 16.5 Å². The van der Waals surface area contributed by atoms with Gasteiger partial charge in [0.25, 0.3) is 0 Å². The Kier molecular flexibility index (Phi) is 4.02. The number of aryl methyl sites for hydroxylation is 1. The lowest BCUT2D eigenvalue weighted by atomic mass is 10.1. The summed E-state index contributed by atoms with van der Waals surface area (Å²) >= 11 is 0. The molecule has 0 aliphatic rings. The first-order valence-electron chi connectivity index (χ1n) is 6.21. The molecule has 0 aliphatic heterocycles. The molecule has 2 rings (SSSR count). The van der Waals surface area contributed by atoms with Crippen LogP contribution in [0.15, 0.2) is 36.5 Å². The van der Waals surface area contributed by atoms with Crippen LogP contribution in [0.1, 0.15) is 5.56 Å². The van der Waals surface area contributed by atoms with Gasteiger partial charge in [-0.1, -0.05) is 18.2 Å². The maximum absolute atomic E-state index is 11.8. The molecule has 1 heterocycles. The van der Waals surface area contributed by atoms with Gasteiger partial charge in [-0.15, -0.1) is 0 Å². The van der Waals surface area contributed by atoms with E-state index in [-0.39, 0.29) is 12.5 Å². The summed E-state index contributed by atoms with van der Waals surface area (Å²) in [7, 11) is 3.66. The summed E-state index contributed by atoms with van der Waals surface area (Å²) in [5.74, 6) is -0.109. The minimum absolute atomic E-state index is 0.0235. The predicted octanol–water partition coefficient (Wildman–Crippen LogP) is 1.64. The molecule has 0 fully saturated rings. The number of aliphatic hydroxyl groups excluding tert-OH is 1. The first-order valence-corrected chi connectivity index (χ1v) is 6.21. The van der Waals surface area contributed by atoms with Crippen LogP contribution in [-0.2, 0) is 11.8 Å². The lowest BCUT2D eigenvalue weighted by molar-refractivity contribution is -0.125. The van der Waals surface area contributed by atoms with Gasteiger partial charge in [-0.25, -0.2) is 0 Å². The number of carbonyl (C=O) groups is 1. The average Bonchev–Trinajstić information content (AvgIpc) is 2.74. The van der Waals surface area contributed by atoms with Gasteiger partial charge in [0.1, 0.15) is 0 Å². The van der Waals surface area contributed by atoms with Crippen molar-refractivity contribution in [3.63, 3.8) is 0 Å². The van der Waals surface area contributed by atoms with Crippen LogP contribution in [0.5, 0.6) is 0 Å². The molecule has 0 unspecified atom stereocenters. The molecule has 0 atom stereocenters. The molecule has 1 amide bonds. The van der Waals surface area contributed by atoms with E-state index in [4.69, 9.17) is 5.11 Å². The highest BCUT2D eigenvalue weighted by molar-refractivity contribution is 5.96. The summed E-state index contributed by atoms with van der Waals surface area (Å²) in [6, 6.07) is 8.07. The Hall–Kier alpha value is -2.07. The molecule has 0 spiro atoms. The number of amides is 1. The third-order valence-electron chi connectivity index (χ3n) is 3.14. The van der Waals surface area contributed by atoms with E-state index in [2.05, 4.69) is 0 Å². The summed E-state index contributed by atoms with van der Waals surface area (Å²) < 4.78 is 2.04. The van der Waals surface area contributed by atoms with Crippen molar-refractivity contribution in [2.75, 3.05) is 20.2 Å². The van der Waals surface area contributed by atoms with E-state index in [1.807, 2.05) is 48.2 Å². The highest BCUT2D eigenvalue weighted by Gasteiger charge is 2.05. The van der Waals surface area contributed by atoms with Crippen molar-refractivity contribution in [1.82, 2.24) is 9.47 Å². The number of benzene rings is 1. The number of hydrogen-bond donors (Lipinski definition) is 1. The standard InChI is InChI=1S/C15H18N2O2/c1-16(9-10-18)15(19)8-7-12-11-17(2)14-6-4-3-5-13(12)14/h3-8,11,18H,9-10H2,1-2H3/b8-7+. The smallest absolute Gasteiger partial charge is 0.246 e. The highest BCUT2D eigenvalue weighted by atomic mass is 16.3. The Balaban J connectivity index is 2.24. The zero-order valence-corrected chi connectivity index (χ0v) is 11.2. The fourth-order valence-corrected chi connectivity index (χ4v) is 2.05. The maximum Gasteiger partial charge on any atom is 0.246 e. The third-order valence-corrected chi connectivity index (χ3v) is 3.14. The molecule has 100 valence electrons. The van der Waals surface area contributed by atoms with E-state index in [1.165, 1.54) is 11.0 Å². The Morgan fingerprint density at radius 2 is 2.16 bits per heavy atom. The first-order chi connectivity index (χ1) is 9.13. The SMILES string of the molecule is CN(CCO)C(=O)/C=C/c1cn(C)c2ccccc12. The number of carbonyl (C=O) groups excluding carboxylic acids is 1. The van der Waals surface area contributed by atoms with Crippen molar-refractivity contribution in [3.05, 3.63) is 42.1 Å². The molecule has 1 aromatic carbocycles. The molecule has 4 heteroatoms.